The first-order chi connectivity index (χ1) is 11.1. The van der Waals surface area contributed by atoms with Crippen LogP contribution in [0, 0.1) is 0 Å². The number of aromatic hydroxyl groups is 1. The van der Waals surface area contributed by atoms with Gasteiger partial charge in [0.15, 0.2) is 5.75 Å². The number of ether oxygens (including phenoxy) is 1. The first-order valence-corrected chi connectivity index (χ1v) is 8.37. The number of hydrogen-bond donors (Lipinski definition) is 3. The molecule has 7 heteroatoms. The Morgan fingerprint density at radius 2 is 2.26 bits per heavy atom. The summed E-state index contributed by atoms with van der Waals surface area (Å²) in [5, 5.41) is 13.3. The second-order valence-corrected chi connectivity index (χ2v) is 5.71. The van der Waals surface area contributed by atoms with Crippen LogP contribution >= 0.6 is 12.6 Å². The zero-order valence-corrected chi connectivity index (χ0v) is 14.0. The van der Waals surface area contributed by atoms with Crippen molar-refractivity contribution < 1.29 is 19.4 Å². The maximum atomic E-state index is 12.7. The number of phenolic OH excluding ortho intramolecular Hbond substituents is 1. The van der Waals surface area contributed by atoms with Gasteiger partial charge in [-0.15, -0.1) is 0 Å². The molecule has 1 aromatic carbocycles. The van der Waals surface area contributed by atoms with Gasteiger partial charge in [-0.05, 0) is 31.9 Å². The average molecular weight is 338 g/mol. The maximum absolute atomic E-state index is 12.7. The number of benzene rings is 1. The second-order valence-electron chi connectivity index (χ2n) is 5.26. The predicted molar refractivity (Wildman–Crippen MR) is 91.1 cm³/mol. The lowest BCUT2D eigenvalue weighted by Crippen LogP contribution is -2.41. The summed E-state index contributed by atoms with van der Waals surface area (Å²) in [4.78, 5) is 26.2. The molecule has 2 N–H and O–H groups in total. The number of nitrogens with one attached hydrogen (secondary N) is 1. The van der Waals surface area contributed by atoms with Crippen LogP contribution in [0.1, 0.15) is 30.1 Å². The number of carbonyl (C=O) groups excluding carboxylic acids is 2. The van der Waals surface area contributed by atoms with Gasteiger partial charge in [-0.2, -0.15) is 12.6 Å². The summed E-state index contributed by atoms with van der Waals surface area (Å²) in [6, 6.07) is 4.38. The number of nitrogens with zero attached hydrogens (tertiary/aromatic N) is 1. The topological polar surface area (TPSA) is 78.9 Å². The van der Waals surface area contributed by atoms with Gasteiger partial charge in [0.2, 0.25) is 0 Å². The van der Waals surface area contributed by atoms with Crippen molar-refractivity contribution in [2.75, 3.05) is 30.8 Å². The predicted octanol–water partition coefficient (Wildman–Crippen LogP) is 1.90. The highest BCUT2D eigenvalue weighted by atomic mass is 32.1. The van der Waals surface area contributed by atoms with Crippen molar-refractivity contribution in [3.63, 3.8) is 0 Å². The van der Waals surface area contributed by atoms with Crippen LogP contribution in [0.2, 0.25) is 0 Å². The largest absolute Gasteiger partial charge is 0.505 e. The average Bonchev–Trinajstić information content (AvgIpc) is 3.03. The summed E-state index contributed by atoms with van der Waals surface area (Å²) in [7, 11) is 0. The summed E-state index contributed by atoms with van der Waals surface area (Å²) in [6.07, 6.45) is 1.33. The summed E-state index contributed by atoms with van der Waals surface area (Å²) in [5.41, 5.74) is 0.669. The number of amides is 1. The molecule has 1 heterocycles. The molecule has 0 aliphatic carbocycles. The zero-order chi connectivity index (χ0) is 16.8. The second kappa shape index (κ2) is 8.10. The number of rotatable bonds is 6. The van der Waals surface area contributed by atoms with Crippen molar-refractivity contribution in [2.45, 2.75) is 25.8 Å². The number of carbonyl (C=O) groups is 2. The van der Waals surface area contributed by atoms with E-state index in [0.29, 0.717) is 31.0 Å². The maximum Gasteiger partial charge on any atom is 0.328 e. The van der Waals surface area contributed by atoms with Crippen LogP contribution < -0.4 is 5.32 Å². The van der Waals surface area contributed by atoms with Crippen molar-refractivity contribution in [1.29, 1.82) is 0 Å². The fourth-order valence-electron chi connectivity index (χ4n) is 2.70. The van der Waals surface area contributed by atoms with Crippen LogP contribution in [0.25, 0.3) is 0 Å². The van der Waals surface area contributed by atoms with Gasteiger partial charge in [0.05, 0.1) is 17.9 Å². The molecule has 0 radical (unpaired) electrons. The highest BCUT2D eigenvalue weighted by Gasteiger charge is 2.36. The standard InChI is InChI=1S/C16H22N2O4S/c1-2-22-16(21)13-7-4-9-18(13)15(20)11-5-3-6-12(14(11)19)17-8-10-23/h3,5-6,13,17,19,23H,2,4,7-10H2,1H3. The lowest BCUT2D eigenvalue weighted by molar-refractivity contribution is -0.147. The molecule has 0 bridgehead atoms. The zero-order valence-electron chi connectivity index (χ0n) is 13.1. The van der Waals surface area contributed by atoms with Crippen LogP contribution in [0.4, 0.5) is 5.69 Å². The lowest BCUT2D eigenvalue weighted by atomic mass is 10.1. The van der Waals surface area contributed by atoms with Crippen molar-refractivity contribution in [3.05, 3.63) is 23.8 Å². The van der Waals surface area contributed by atoms with E-state index in [1.165, 1.54) is 4.90 Å². The summed E-state index contributed by atoms with van der Waals surface area (Å²) >= 11 is 4.11. The Kier molecular flexibility index (Phi) is 6.15. The molecule has 1 saturated heterocycles. The first kappa shape index (κ1) is 17.5. The molecule has 1 aliphatic heterocycles. The monoisotopic (exact) mass is 338 g/mol. The molecule has 6 nitrogen and oxygen atoms in total. The molecule has 2 rings (SSSR count). The van der Waals surface area contributed by atoms with Crippen LogP contribution in [0.3, 0.4) is 0 Å². The molecule has 1 unspecified atom stereocenters. The molecule has 1 amide bonds. The van der Waals surface area contributed by atoms with Gasteiger partial charge in [0.25, 0.3) is 5.91 Å². The fourth-order valence-corrected chi connectivity index (χ4v) is 2.81. The minimum absolute atomic E-state index is 0.103. The van der Waals surface area contributed by atoms with E-state index in [9.17, 15) is 14.7 Å². The number of anilines is 1. The van der Waals surface area contributed by atoms with Gasteiger partial charge >= 0.3 is 5.97 Å². The van der Waals surface area contributed by atoms with Gasteiger partial charge in [0, 0.05) is 18.8 Å². The molecule has 1 atom stereocenters. The molecular formula is C16H22N2O4S. The van der Waals surface area contributed by atoms with Crippen molar-refractivity contribution in [1.82, 2.24) is 4.90 Å². The number of likely N-dealkylation sites (tertiary alicyclic amines) is 1. The molecule has 23 heavy (non-hydrogen) atoms. The van der Waals surface area contributed by atoms with Gasteiger partial charge in [0.1, 0.15) is 6.04 Å². The number of esters is 1. The van der Waals surface area contributed by atoms with E-state index in [4.69, 9.17) is 4.74 Å². The van der Waals surface area contributed by atoms with E-state index >= 15 is 0 Å². The third-order valence-corrected chi connectivity index (χ3v) is 3.99. The van der Waals surface area contributed by atoms with Gasteiger partial charge < -0.3 is 20.1 Å². The molecular weight excluding hydrogens is 316 g/mol. The molecule has 1 aromatic rings. The van der Waals surface area contributed by atoms with Crippen molar-refractivity contribution >= 4 is 30.2 Å². The van der Waals surface area contributed by atoms with E-state index in [1.807, 2.05) is 0 Å². The number of hydrogen-bond acceptors (Lipinski definition) is 6. The van der Waals surface area contributed by atoms with Crippen LogP contribution in [0.5, 0.6) is 5.75 Å². The summed E-state index contributed by atoms with van der Waals surface area (Å²) < 4.78 is 5.03. The van der Waals surface area contributed by atoms with E-state index < -0.39 is 6.04 Å². The van der Waals surface area contributed by atoms with E-state index in [2.05, 4.69) is 17.9 Å². The molecule has 0 spiro atoms. The van der Waals surface area contributed by atoms with E-state index in [0.717, 1.165) is 6.42 Å². The fraction of sp³-hybridized carbons (Fsp3) is 0.500. The van der Waals surface area contributed by atoms with Crippen LogP contribution in [0.15, 0.2) is 18.2 Å². The molecule has 0 saturated carbocycles. The van der Waals surface area contributed by atoms with Gasteiger partial charge in [-0.25, -0.2) is 4.79 Å². The minimum Gasteiger partial charge on any atom is -0.505 e. The van der Waals surface area contributed by atoms with Crippen molar-refractivity contribution in [2.24, 2.45) is 0 Å². The van der Waals surface area contributed by atoms with Crippen molar-refractivity contribution in [3.8, 4) is 5.75 Å². The normalized spacial score (nSPS) is 17.1. The van der Waals surface area contributed by atoms with Gasteiger partial charge in [-0.1, -0.05) is 6.07 Å². The van der Waals surface area contributed by atoms with E-state index in [1.54, 1.807) is 25.1 Å². The Morgan fingerprint density at radius 1 is 1.48 bits per heavy atom. The Labute approximate surface area is 141 Å². The van der Waals surface area contributed by atoms with Gasteiger partial charge in [-0.3, -0.25) is 4.79 Å². The molecule has 1 fully saturated rings. The van der Waals surface area contributed by atoms with Crippen LogP contribution in [-0.4, -0.2) is 53.4 Å². The molecule has 1 aliphatic rings. The Hall–Kier alpha value is -1.89. The number of para-hydroxylation sites is 1. The molecule has 126 valence electrons. The smallest absolute Gasteiger partial charge is 0.328 e. The number of thiol groups is 1. The highest BCUT2D eigenvalue weighted by Crippen LogP contribution is 2.30. The van der Waals surface area contributed by atoms with E-state index in [-0.39, 0.29) is 29.8 Å². The third-order valence-electron chi connectivity index (χ3n) is 3.77. The SMILES string of the molecule is CCOC(=O)C1CCCN1C(=O)c1cccc(NCCS)c1O. The molecule has 0 aromatic heterocycles. The summed E-state index contributed by atoms with van der Waals surface area (Å²) in [5.74, 6) is -0.238. The van der Waals surface area contributed by atoms with Crippen LogP contribution in [-0.2, 0) is 9.53 Å². The minimum atomic E-state index is -0.573. The third kappa shape index (κ3) is 3.90. The highest BCUT2D eigenvalue weighted by molar-refractivity contribution is 7.80. The lowest BCUT2D eigenvalue weighted by Gasteiger charge is -2.24. The summed E-state index contributed by atoms with van der Waals surface area (Å²) in [6.45, 7) is 3.08. The quantitative estimate of drug-likeness (QED) is 0.419. The number of phenols is 1. The first-order valence-electron chi connectivity index (χ1n) is 7.74. The Morgan fingerprint density at radius 3 is 2.96 bits per heavy atom. The Bertz CT molecular complexity index is 579. The Balaban J connectivity index is 2.21.